The molecule has 1 aromatic heterocycles. The van der Waals surface area contributed by atoms with Gasteiger partial charge in [0.2, 0.25) is 9.84 Å². The first-order valence-electron chi connectivity index (χ1n) is 11.4. The van der Waals surface area contributed by atoms with Gasteiger partial charge in [-0.3, -0.25) is 4.79 Å². The Labute approximate surface area is 207 Å². The summed E-state index contributed by atoms with van der Waals surface area (Å²) in [6.07, 6.45) is 1.45. The van der Waals surface area contributed by atoms with Crippen LogP contribution in [0.2, 0.25) is 0 Å². The van der Waals surface area contributed by atoms with Gasteiger partial charge in [0.05, 0.1) is 38.4 Å². The summed E-state index contributed by atoms with van der Waals surface area (Å²) in [6.45, 7) is 3.45. The van der Waals surface area contributed by atoms with E-state index in [1.165, 1.54) is 41.3 Å². The van der Waals surface area contributed by atoms with Gasteiger partial charge in [0.25, 0.3) is 5.91 Å². The molecular formula is C25H25FN6O3S. The van der Waals surface area contributed by atoms with Gasteiger partial charge in [-0.25, -0.2) is 18.2 Å². The number of carbonyl (C=O) groups excluding carboxylic acids is 1. The number of benzene rings is 3. The first-order chi connectivity index (χ1) is 17.2. The van der Waals surface area contributed by atoms with Crippen molar-refractivity contribution >= 4 is 38.0 Å². The fourth-order valence-corrected chi connectivity index (χ4v) is 5.59. The molecule has 36 heavy (non-hydrogen) atoms. The van der Waals surface area contributed by atoms with E-state index in [9.17, 15) is 17.6 Å². The first-order valence-corrected chi connectivity index (χ1v) is 12.8. The zero-order valence-corrected chi connectivity index (χ0v) is 20.4. The molecule has 0 radical (unpaired) electrons. The number of piperazine rings is 1. The molecule has 2 heterocycles. The summed E-state index contributed by atoms with van der Waals surface area (Å²) in [7, 11) is -1.85. The van der Waals surface area contributed by atoms with Crippen molar-refractivity contribution in [2.75, 3.05) is 49.3 Å². The van der Waals surface area contributed by atoms with E-state index in [0.717, 1.165) is 37.9 Å². The number of para-hydroxylation sites is 1. The lowest BCUT2D eigenvalue weighted by Gasteiger charge is -2.35. The van der Waals surface area contributed by atoms with Crippen LogP contribution in [0.3, 0.4) is 0 Å². The Morgan fingerprint density at radius 1 is 1.00 bits per heavy atom. The normalized spacial score (nSPS) is 14.8. The zero-order valence-electron chi connectivity index (χ0n) is 19.6. The topological polar surface area (TPSA) is 114 Å². The molecule has 4 aromatic rings. The molecule has 1 amide bonds. The number of sulfone groups is 1. The molecule has 0 bridgehead atoms. The molecule has 186 valence electrons. The number of amides is 1. The maximum Gasteiger partial charge on any atom is 0.273 e. The number of halogens is 1. The van der Waals surface area contributed by atoms with Crippen molar-refractivity contribution in [1.82, 2.24) is 14.8 Å². The van der Waals surface area contributed by atoms with Crippen LogP contribution in [-0.2, 0) is 9.84 Å². The molecule has 1 aliphatic rings. The number of nitrogens with zero attached hydrogens (tertiary/aromatic N) is 4. The minimum Gasteiger partial charge on any atom is -0.396 e. The predicted molar refractivity (Wildman–Crippen MR) is 136 cm³/mol. The van der Waals surface area contributed by atoms with Gasteiger partial charge in [0.1, 0.15) is 5.82 Å². The average Bonchev–Trinajstić information content (AvgIpc) is 3.26. The van der Waals surface area contributed by atoms with Crippen molar-refractivity contribution in [2.45, 2.75) is 9.79 Å². The van der Waals surface area contributed by atoms with Crippen LogP contribution in [0.1, 0.15) is 10.4 Å². The number of hydrogen-bond donors (Lipinski definition) is 2. The van der Waals surface area contributed by atoms with Gasteiger partial charge in [-0.2, -0.15) is 9.89 Å². The van der Waals surface area contributed by atoms with E-state index in [1.807, 2.05) is 6.07 Å². The van der Waals surface area contributed by atoms with Crippen LogP contribution < -0.4 is 16.1 Å². The van der Waals surface area contributed by atoms with Crippen LogP contribution in [-0.4, -0.2) is 62.3 Å². The molecule has 0 atom stereocenters. The molecule has 3 aromatic carbocycles. The van der Waals surface area contributed by atoms with Crippen LogP contribution in [0.4, 0.5) is 15.8 Å². The maximum absolute atomic E-state index is 13.6. The molecule has 0 aliphatic carbocycles. The molecule has 0 unspecified atom stereocenters. The SMILES string of the molecule is CN1CCN(c2cccc(C(=O)Nn3ncc4cc(S(=O)(=O)c5cccc(F)c5)ccc43)c2N)CC1. The van der Waals surface area contributed by atoms with Gasteiger partial charge in [0.15, 0.2) is 0 Å². The van der Waals surface area contributed by atoms with E-state index >= 15 is 0 Å². The lowest BCUT2D eigenvalue weighted by molar-refractivity contribution is 0.101. The average molecular weight is 509 g/mol. The van der Waals surface area contributed by atoms with Gasteiger partial charge in [-0.05, 0) is 55.6 Å². The molecular weight excluding hydrogens is 483 g/mol. The maximum atomic E-state index is 13.6. The third kappa shape index (κ3) is 4.38. The monoisotopic (exact) mass is 508 g/mol. The number of carbonyl (C=O) groups is 1. The lowest BCUT2D eigenvalue weighted by atomic mass is 10.1. The van der Waals surface area contributed by atoms with Gasteiger partial charge < -0.3 is 15.5 Å². The van der Waals surface area contributed by atoms with Crippen molar-refractivity contribution < 1.29 is 17.6 Å². The standard InChI is InChI=1S/C25H25FN6O3S/c1-30-10-12-31(13-11-30)23-7-3-6-21(24(23)27)25(33)29-32-22-9-8-20(14-17(22)16-28-32)36(34,35)19-5-2-4-18(26)15-19/h2-9,14-16H,10-13,27H2,1H3,(H,29,33). The Morgan fingerprint density at radius 2 is 1.72 bits per heavy atom. The summed E-state index contributed by atoms with van der Waals surface area (Å²) in [5.74, 6) is -1.08. The van der Waals surface area contributed by atoms with Crippen LogP contribution >= 0.6 is 0 Å². The van der Waals surface area contributed by atoms with Crippen molar-refractivity contribution in [3.05, 3.63) is 78.2 Å². The highest BCUT2D eigenvalue weighted by atomic mass is 32.2. The summed E-state index contributed by atoms with van der Waals surface area (Å²) in [6, 6.07) is 14.6. The number of nitrogens with two attached hydrogens (primary N) is 1. The smallest absolute Gasteiger partial charge is 0.273 e. The molecule has 1 saturated heterocycles. The Morgan fingerprint density at radius 3 is 2.47 bits per heavy atom. The Balaban J connectivity index is 1.40. The van der Waals surface area contributed by atoms with E-state index in [-0.39, 0.29) is 9.79 Å². The third-order valence-electron chi connectivity index (χ3n) is 6.34. The number of nitrogen functional groups attached to an aromatic ring is 1. The third-order valence-corrected chi connectivity index (χ3v) is 8.08. The summed E-state index contributed by atoms with van der Waals surface area (Å²) in [5.41, 5.74) is 11.1. The van der Waals surface area contributed by atoms with Crippen molar-refractivity contribution in [2.24, 2.45) is 0 Å². The van der Waals surface area contributed by atoms with Crippen molar-refractivity contribution in [3.63, 3.8) is 0 Å². The number of hydrogen-bond acceptors (Lipinski definition) is 7. The summed E-state index contributed by atoms with van der Waals surface area (Å²) < 4.78 is 39.4. The highest BCUT2D eigenvalue weighted by molar-refractivity contribution is 7.91. The largest absolute Gasteiger partial charge is 0.396 e. The quantitative estimate of drug-likeness (QED) is 0.399. The van der Waals surface area contributed by atoms with Gasteiger partial charge in [-0.1, -0.05) is 12.1 Å². The van der Waals surface area contributed by atoms with E-state index < -0.39 is 21.6 Å². The summed E-state index contributed by atoms with van der Waals surface area (Å²) >= 11 is 0. The minimum atomic E-state index is -3.92. The fourth-order valence-electron chi connectivity index (χ4n) is 4.27. The van der Waals surface area contributed by atoms with Gasteiger partial charge in [0, 0.05) is 31.6 Å². The van der Waals surface area contributed by atoms with E-state index in [1.54, 1.807) is 18.2 Å². The fraction of sp³-hybridized carbons (Fsp3) is 0.200. The molecule has 0 spiro atoms. The number of fused-ring (bicyclic) bond motifs is 1. The zero-order chi connectivity index (χ0) is 25.4. The van der Waals surface area contributed by atoms with E-state index in [4.69, 9.17) is 5.73 Å². The Hall–Kier alpha value is -3.96. The molecule has 1 aliphatic heterocycles. The van der Waals surface area contributed by atoms with Crippen LogP contribution in [0.15, 0.2) is 76.7 Å². The number of likely N-dealkylation sites (N-methyl/N-ethyl adjacent to an activating group) is 1. The number of nitrogens with one attached hydrogen (secondary N) is 1. The second-order valence-electron chi connectivity index (χ2n) is 8.71. The van der Waals surface area contributed by atoms with E-state index in [0.29, 0.717) is 22.2 Å². The number of aromatic nitrogens is 2. The number of rotatable bonds is 5. The predicted octanol–water partition coefficient (Wildman–Crippen LogP) is 2.73. The van der Waals surface area contributed by atoms with Gasteiger partial charge in [-0.15, -0.1) is 0 Å². The molecule has 5 rings (SSSR count). The highest BCUT2D eigenvalue weighted by Gasteiger charge is 2.22. The molecule has 9 nitrogen and oxygen atoms in total. The van der Waals surface area contributed by atoms with Crippen LogP contribution in [0, 0.1) is 5.82 Å². The Bertz CT molecular complexity index is 1560. The minimum absolute atomic E-state index is 0.00408. The summed E-state index contributed by atoms with van der Waals surface area (Å²) in [4.78, 5) is 18.6. The molecule has 11 heteroatoms. The molecule has 1 fully saturated rings. The van der Waals surface area contributed by atoms with Crippen molar-refractivity contribution in [3.8, 4) is 0 Å². The molecule has 3 N–H and O–H groups in total. The van der Waals surface area contributed by atoms with Crippen LogP contribution in [0.5, 0.6) is 0 Å². The molecule has 0 saturated carbocycles. The second-order valence-corrected chi connectivity index (χ2v) is 10.7. The summed E-state index contributed by atoms with van der Waals surface area (Å²) in [5, 5.41) is 4.69. The Kier molecular flexibility index (Phi) is 6.10. The highest BCUT2D eigenvalue weighted by Crippen LogP contribution is 2.28. The van der Waals surface area contributed by atoms with Gasteiger partial charge >= 0.3 is 0 Å². The lowest BCUT2D eigenvalue weighted by Crippen LogP contribution is -2.44. The van der Waals surface area contributed by atoms with E-state index in [2.05, 4.69) is 27.4 Å². The number of anilines is 2. The van der Waals surface area contributed by atoms with Crippen molar-refractivity contribution in [1.29, 1.82) is 0 Å². The van der Waals surface area contributed by atoms with Crippen LogP contribution in [0.25, 0.3) is 10.9 Å². The second kappa shape index (κ2) is 9.25. The first kappa shape index (κ1) is 23.8.